The fourth-order valence-corrected chi connectivity index (χ4v) is 3.59. The summed E-state index contributed by atoms with van der Waals surface area (Å²) in [5.74, 6) is 0.687. The molecule has 0 saturated heterocycles. The van der Waals surface area contributed by atoms with Crippen molar-refractivity contribution in [2.24, 2.45) is 0 Å². The van der Waals surface area contributed by atoms with Gasteiger partial charge in [-0.15, -0.1) is 11.3 Å². The van der Waals surface area contributed by atoms with Crippen LogP contribution in [0, 0.1) is 0 Å². The van der Waals surface area contributed by atoms with Crippen LogP contribution in [-0.2, 0) is 6.54 Å². The van der Waals surface area contributed by atoms with Crippen LogP contribution in [-0.4, -0.2) is 32.0 Å². The van der Waals surface area contributed by atoms with Crippen LogP contribution < -0.4 is 5.32 Å². The fraction of sp³-hybridized carbons (Fsp3) is 0.111. The van der Waals surface area contributed by atoms with Crippen molar-refractivity contribution in [1.29, 1.82) is 0 Å². The van der Waals surface area contributed by atoms with Gasteiger partial charge in [-0.05, 0) is 17.5 Å². The molecule has 0 aliphatic carbocycles. The van der Waals surface area contributed by atoms with E-state index in [-0.39, 0.29) is 5.91 Å². The van der Waals surface area contributed by atoms with E-state index in [0.29, 0.717) is 18.8 Å². The summed E-state index contributed by atoms with van der Waals surface area (Å²) in [7, 11) is 0. The van der Waals surface area contributed by atoms with Crippen molar-refractivity contribution < 1.29 is 4.79 Å². The third-order valence-corrected chi connectivity index (χ3v) is 4.91. The van der Waals surface area contributed by atoms with Crippen LogP contribution in [0.3, 0.4) is 0 Å². The Labute approximate surface area is 148 Å². The maximum absolute atomic E-state index is 12.3. The molecular weight excluding hydrogens is 334 g/mol. The van der Waals surface area contributed by atoms with E-state index in [1.165, 1.54) is 11.3 Å². The van der Waals surface area contributed by atoms with Gasteiger partial charge in [-0.1, -0.05) is 18.2 Å². The van der Waals surface area contributed by atoms with E-state index in [2.05, 4.69) is 20.3 Å². The van der Waals surface area contributed by atoms with Gasteiger partial charge in [-0.2, -0.15) is 0 Å². The number of carbonyl (C=O) groups is 1. The maximum Gasteiger partial charge on any atom is 0.261 e. The van der Waals surface area contributed by atoms with Crippen molar-refractivity contribution >= 4 is 27.3 Å². The minimum Gasteiger partial charge on any atom is -0.350 e. The number of nitrogens with zero attached hydrogens (tertiary/aromatic N) is 4. The standard InChI is InChI=1S/C18H15N5OS/c24-18(16-11-13-3-1-2-4-15(13)25-16)22-8-10-23-9-7-21-17(23)14-12-19-5-6-20-14/h1-7,9,11-12H,8,10H2,(H,22,24). The Bertz CT molecular complexity index is 975. The maximum atomic E-state index is 12.3. The van der Waals surface area contributed by atoms with Crippen molar-refractivity contribution in [2.45, 2.75) is 6.54 Å². The molecule has 1 aromatic carbocycles. The summed E-state index contributed by atoms with van der Waals surface area (Å²) in [5.41, 5.74) is 0.711. The molecule has 6 nitrogen and oxygen atoms in total. The van der Waals surface area contributed by atoms with Gasteiger partial charge in [0.15, 0.2) is 5.82 Å². The van der Waals surface area contributed by atoms with Crippen molar-refractivity contribution in [2.75, 3.05) is 6.54 Å². The Kier molecular flexibility index (Phi) is 4.22. The first-order valence-electron chi connectivity index (χ1n) is 7.85. The first kappa shape index (κ1) is 15.5. The smallest absolute Gasteiger partial charge is 0.261 e. The molecule has 0 aliphatic heterocycles. The molecule has 0 atom stereocenters. The highest BCUT2D eigenvalue weighted by Gasteiger charge is 2.11. The van der Waals surface area contributed by atoms with Gasteiger partial charge in [-0.3, -0.25) is 9.78 Å². The van der Waals surface area contributed by atoms with Crippen LogP contribution in [0.4, 0.5) is 0 Å². The highest BCUT2D eigenvalue weighted by molar-refractivity contribution is 7.20. The Morgan fingerprint density at radius 1 is 1.16 bits per heavy atom. The Balaban J connectivity index is 1.41. The molecule has 0 fully saturated rings. The number of thiophene rings is 1. The largest absolute Gasteiger partial charge is 0.350 e. The molecule has 1 amide bonds. The minimum absolute atomic E-state index is 0.0534. The van der Waals surface area contributed by atoms with Gasteiger partial charge >= 0.3 is 0 Å². The number of rotatable bonds is 5. The number of nitrogens with one attached hydrogen (secondary N) is 1. The second kappa shape index (κ2) is 6.82. The fourth-order valence-electron chi connectivity index (χ4n) is 2.61. The summed E-state index contributed by atoms with van der Waals surface area (Å²) in [6.45, 7) is 1.12. The lowest BCUT2D eigenvalue weighted by atomic mass is 10.2. The summed E-state index contributed by atoms with van der Waals surface area (Å²) in [6.07, 6.45) is 8.53. The zero-order chi connectivity index (χ0) is 17.1. The number of benzene rings is 1. The van der Waals surface area contributed by atoms with Crippen LogP contribution >= 0.6 is 11.3 Å². The number of hydrogen-bond acceptors (Lipinski definition) is 5. The van der Waals surface area contributed by atoms with Gasteiger partial charge in [0.1, 0.15) is 5.69 Å². The predicted octanol–water partition coefficient (Wildman–Crippen LogP) is 2.98. The van der Waals surface area contributed by atoms with Crippen LogP contribution in [0.1, 0.15) is 9.67 Å². The average molecular weight is 349 g/mol. The van der Waals surface area contributed by atoms with Gasteiger partial charge < -0.3 is 9.88 Å². The summed E-state index contributed by atoms with van der Waals surface area (Å²) >= 11 is 1.50. The Morgan fingerprint density at radius 2 is 2.08 bits per heavy atom. The van der Waals surface area contributed by atoms with Gasteiger partial charge in [-0.25, -0.2) is 9.97 Å². The molecule has 0 spiro atoms. The quantitative estimate of drug-likeness (QED) is 0.601. The molecule has 3 heterocycles. The Hall–Kier alpha value is -3.06. The highest BCUT2D eigenvalue weighted by Crippen LogP contribution is 2.25. The normalized spacial score (nSPS) is 10.9. The monoisotopic (exact) mass is 349 g/mol. The van der Waals surface area contributed by atoms with E-state index in [1.54, 1.807) is 24.8 Å². The van der Waals surface area contributed by atoms with Crippen LogP contribution in [0.2, 0.25) is 0 Å². The summed E-state index contributed by atoms with van der Waals surface area (Å²) in [6, 6.07) is 9.92. The van der Waals surface area contributed by atoms with E-state index in [0.717, 1.165) is 20.8 Å². The van der Waals surface area contributed by atoms with E-state index in [4.69, 9.17) is 0 Å². The summed E-state index contributed by atoms with van der Waals surface area (Å²) < 4.78 is 3.07. The molecular formula is C18H15N5OS. The van der Waals surface area contributed by atoms with Crippen LogP contribution in [0.5, 0.6) is 0 Å². The van der Waals surface area contributed by atoms with Crippen molar-refractivity contribution in [3.8, 4) is 11.5 Å². The van der Waals surface area contributed by atoms with Gasteiger partial charge in [0.25, 0.3) is 5.91 Å². The van der Waals surface area contributed by atoms with Crippen molar-refractivity contribution in [3.05, 3.63) is 66.2 Å². The molecule has 0 saturated carbocycles. The number of amides is 1. The van der Waals surface area contributed by atoms with E-state index >= 15 is 0 Å². The predicted molar refractivity (Wildman–Crippen MR) is 97.4 cm³/mol. The molecule has 4 aromatic rings. The molecule has 124 valence electrons. The first-order valence-corrected chi connectivity index (χ1v) is 8.67. The molecule has 7 heteroatoms. The van der Waals surface area contributed by atoms with Crippen molar-refractivity contribution in [3.63, 3.8) is 0 Å². The van der Waals surface area contributed by atoms with Gasteiger partial charge in [0.2, 0.25) is 0 Å². The summed E-state index contributed by atoms with van der Waals surface area (Å²) in [4.78, 5) is 25.7. The molecule has 3 aromatic heterocycles. The molecule has 0 radical (unpaired) electrons. The molecule has 0 aliphatic rings. The van der Waals surface area contributed by atoms with Crippen LogP contribution in [0.15, 0.2) is 61.3 Å². The number of aromatic nitrogens is 4. The molecule has 25 heavy (non-hydrogen) atoms. The summed E-state index contributed by atoms with van der Waals surface area (Å²) in [5, 5.41) is 4.06. The minimum atomic E-state index is -0.0534. The van der Waals surface area contributed by atoms with Gasteiger partial charge in [0.05, 0.1) is 11.1 Å². The second-order valence-corrected chi connectivity index (χ2v) is 6.52. The lowest BCUT2D eigenvalue weighted by molar-refractivity contribution is 0.0956. The van der Waals surface area contributed by atoms with E-state index in [1.807, 2.05) is 41.1 Å². The second-order valence-electron chi connectivity index (χ2n) is 5.44. The number of hydrogen-bond donors (Lipinski definition) is 1. The highest BCUT2D eigenvalue weighted by atomic mass is 32.1. The van der Waals surface area contributed by atoms with Crippen LogP contribution in [0.25, 0.3) is 21.6 Å². The van der Waals surface area contributed by atoms with E-state index in [9.17, 15) is 4.79 Å². The SMILES string of the molecule is O=C(NCCn1ccnc1-c1cnccn1)c1cc2ccccc2s1. The third-order valence-electron chi connectivity index (χ3n) is 3.80. The average Bonchev–Trinajstić information content (AvgIpc) is 3.29. The molecule has 1 N–H and O–H groups in total. The number of fused-ring (bicyclic) bond motifs is 1. The Morgan fingerprint density at radius 3 is 2.92 bits per heavy atom. The lowest BCUT2D eigenvalue weighted by Crippen LogP contribution is -2.26. The number of carbonyl (C=O) groups excluding carboxylic acids is 1. The topological polar surface area (TPSA) is 72.7 Å². The number of imidazole rings is 1. The third kappa shape index (κ3) is 3.27. The van der Waals surface area contributed by atoms with Gasteiger partial charge in [0, 0.05) is 42.6 Å². The zero-order valence-corrected chi connectivity index (χ0v) is 14.1. The molecule has 4 rings (SSSR count). The first-order chi connectivity index (χ1) is 12.3. The molecule has 0 unspecified atom stereocenters. The lowest BCUT2D eigenvalue weighted by Gasteiger charge is -2.08. The van der Waals surface area contributed by atoms with E-state index < -0.39 is 0 Å². The van der Waals surface area contributed by atoms with Crippen molar-refractivity contribution in [1.82, 2.24) is 24.8 Å². The zero-order valence-electron chi connectivity index (χ0n) is 13.3. The molecule has 0 bridgehead atoms.